The number of benzene rings is 1. The fourth-order valence-electron chi connectivity index (χ4n) is 2.04. The van der Waals surface area contributed by atoms with Crippen molar-refractivity contribution in [1.29, 1.82) is 0 Å². The van der Waals surface area contributed by atoms with E-state index in [1.807, 2.05) is 31.2 Å². The number of carbonyl (C=O) groups is 1. The molecule has 5 nitrogen and oxygen atoms in total. The van der Waals surface area contributed by atoms with Crippen LogP contribution in [-0.4, -0.2) is 50.5 Å². The van der Waals surface area contributed by atoms with Gasteiger partial charge in [0.15, 0.2) is 5.96 Å². The van der Waals surface area contributed by atoms with Gasteiger partial charge in [-0.2, -0.15) is 0 Å². The maximum Gasteiger partial charge on any atom is 0.243 e. The molecule has 1 rings (SSSR count). The zero-order valence-corrected chi connectivity index (χ0v) is 15.4. The van der Waals surface area contributed by atoms with Crippen LogP contribution in [-0.2, 0) is 10.2 Å². The summed E-state index contributed by atoms with van der Waals surface area (Å²) in [6.45, 7) is 7.73. The van der Waals surface area contributed by atoms with Crippen molar-refractivity contribution in [3.8, 4) is 0 Å². The van der Waals surface area contributed by atoms with E-state index in [1.165, 1.54) is 4.90 Å². The predicted molar refractivity (Wildman–Crippen MR) is 97.2 cm³/mol. The second kappa shape index (κ2) is 8.77. The van der Waals surface area contributed by atoms with E-state index in [0.29, 0.717) is 12.5 Å². The molecule has 0 unspecified atom stereocenters. The third-order valence-electron chi connectivity index (χ3n) is 3.52. The molecular weight excluding hydrogens is 312 g/mol. The first-order valence-electron chi connectivity index (χ1n) is 7.75. The summed E-state index contributed by atoms with van der Waals surface area (Å²) in [5.41, 5.74) is 0.912. The van der Waals surface area contributed by atoms with Crippen molar-refractivity contribution >= 4 is 23.5 Å². The van der Waals surface area contributed by atoms with Gasteiger partial charge in [0, 0.05) is 37.6 Å². The van der Waals surface area contributed by atoms with Crippen molar-refractivity contribution in [3.63, 3.8) is 0 Å². The minimum absolute atomic E-state index is 0.0347. The average molecular weight is 339 g/mol. The van der Waals surface area contributed by atoms with Crippen LogP contribution < -0.4 is 10.6 Å². The number of nitrogens with zero attached hydrogens (tertiary/aromatic N) is 2. The molecule has 6 heteroatoms. The molecule has 0 saturated carbocycles. The summed E-state index contributed by atoms with van der Waals surface area (Å²) in [7, 11) is 3.44. The van der Waals surface area contributed by atoms with Crippen LogP contribution in [0.25, 0.3) is 0 Å². The summed E-state index contributed by atoms with van der Waals surface area (Å²) in [4.78, 5) is 17.5. The topological polar surface area (TPSA) is 56.7 Å². The standard InChI is InChI=1S/C17H27ClN4O/c1-6-19-16(20-11-15(23)22(4)5)21-12-17(2,3)13-9-7-8-10-14(13)18/h7-10H,6,11-12H2,1-5H3,(H2,19,20,21). The molecule has 2 N–H and O–H groups in total. The highest BCUT2D eigenvalue weighted by Crippen LogP contribution is 2.28. The molecule has 1 amide bonds. The Kier molecular flexibility index (Phi) is 7.36. The van der Waals surface area contributed by atoms with Crippen LogP contribution in [0.5, 0.6) is 0 Å². The van der Waals surface area contributed by atoms with E-state index in [9.17, 15) is 4.79 Å². The first-order valence-corrected chi connectivity index (χ1v) is 8.13. The Morgan fingerprint density at radius 2 is 1.91 bits per heavy atom. The number of nitrogens with one attached hydrogen (secondary N) is 2. The first-order chi connectivity index (χ1) is 10.8. The van der Waals surface area contributed by atoms with Crippen LogP contribution in [0.15, 0.2) is 29.3 Å². The summed E-state index contributed by atoms with van der Waals surface area (Å²) < 4.78 is 0. The van der Waals surface area contributed by atoms with Gasteiger partial charge in [-0.25, -0.2) is 4.99 Å². The van der Waals surface area contributed by atoms with E-state index in [-0.39, 0.29) is 17.9 Å². The highest BCUT2D eigenvalue weighted by atomic mass is 35.5. The lowest BCUT2D eigenvalue weighted by Crippen LogP contribution is -2.44. The second-order valence-corrected chi connectivity index (χ2v) is 6.61. The van der Waals surface area contributed by atoms with Gasteiger partial charge in [0.25, 0.3) is 0 Å². The Hall–Kier alpha value is -1.75. The van der Waals surface area contributed by atoms with Crippen molar-refractivity contribution in [1.82, 2.24) is 15.5 Å². The predicted octanol–water partition coefficient (Wildman–Crippen LogP) is 2.26. The quantitative estimate of drug-likeness (QED) is 0.618. The van der Waals surface area contributed by atoms with Crippen molar-refractivity contribution < 1.29 is 4.79 Å². The van der Waals surface area contributed by atoms with Crippen molar-refractivity contribution in [2.24, 2.45) is 4.99 Å². The van der Waals surface area contributed by atoms with Gasteiger partial charge in [0.2, 0.25) is 5.91 Å². The number of amides is 1. The molecule has 0 saturated heterocycles. The molecule has 0 aromatic heterocycles. The van der Waals surface area contributed by atoms with E-state index >= 15 is 0 Å². The molecule has 0 heterocycles. The summed E-state index contributed by atoms with van der Waals surface area (Å²) >= 11 is 6.30. The van der Waals surface area contributed by atoms with Crippen LogP contribution in [0.2, 0.25) is 5.02 Å². The van der Waals surface area contributed by atoms with Crippen LogP contribution in [0.4, 0.5) is 0 Å². The molecule has 0 aliphatic heterocycles. The molecule has 0 atom stereocenters. The van der Waals surface area contributed by atoms with Crippen LogP contribution in [0, 0.1) is 0 Å². The molecule has 128 valence electrons. The number of guanidine groups is 1. The monoisotopic (exact) mass is 338 g/mol. The molecule has 0 aliphatic rings. The van der Waals surface area contributed by atoms with Gasteiger partial charge in [0.05, 0.1) is 0 Å². The van der Waals surface area contributed by atoms with E-state index in [4.69, 9.17) is 11.6 Å². The lowest BCUT2D eigenvalue weighted by Gasteiger charge is -2.27. The first kappa shape index (κ1) is 19.3. The van der Waals surface area contributed by atoms with Gasteiger partial charge < -0.3 is 15.5 Å². The second-order valence-electron chi connectivity index (χ2n) is 6.20. The summed E-state index contributed by atoms with van der Waals surface area (Å²) in [5, 5.41) is 7.19. The zero-order valence-electron chi connectivity index (χ0n) is 14.6. The Morgan fingerprint density at radius 3 is 2.48 bits per heavy atom. The summed E-state index contributed by atoms with van der Waals surface area (Å²) in [6, 6.07) is 7.84. The van der Waals surface area contributed by atoms with E-state index < -0.39 is 0 Å². The highest BCUT2D eigenvalue weighted by Gasteiger charge is 2.23. The van der Waals surface area contributed by atoms with Gasteiger partial charge in [-0.15, -0.1) is 0 Å². The van der Waals surface area contributed by atoms with Gasteiger partial charge >= 0.3 is 0 Å². The molecule has 0 aliphatic carbocycles. The van der Waals surface area contributed by atoms with Crippen molar-refractivity contribution in [3.05, 3.63) is 34.9 Å². The molecule has 0 spiro atoms. The lowest BCUT2D eigenvalue weighted by atomic mass is 9.84. The van der Waals surface area contributed by atoms with E-state index in [2.05, 4.69) is 29.5 Å². The fourth-order valence-corrected chi connectivity index (χ4v) is 2.43. The number of hydrogen-bond donors (Lipinski definition) is 2. The largest absolute Gasteiger partial charge is 0.357 e. The van der Waals surface area contributed by atoms with Gasteiger partial charge in [-0.1, -0.05) is 43.6 Å². The van der Waals surface area contributed by atoms with Crippen LogP contribution >= 0.6 is 11.6 Å². The minimum Gasteiger partial charge on any atom is -0.357 e. The molecule has 0 fully saturated rings. The number of likely N-dealkylation sites (N-methyl/N-ethyl adjacent to an activating group) is 1. The van der Waals surface area contributed by atoms with Crippen LogP contribution in [0.1, 0.15) is 26.3 Å². The normalized spacial score (nSPS) is 12.0. The maximum absolute atomic E-state index is 11.7. The smallest absolute Gasteiger partial charge is 0.243 e. The Morgan fingerprint density at radius 1 is 1.26 bits per heavy atom. The average Bonchev–Trinajstić information content (AvgIpc) is 2.49. The SMILES string of the molecule is CCNC(=NCC(=O)N(C)C)NCC(C)(C)c1ccccc1Cl. The Bertz CT molecular complexity index is 555. The molecule has 1 aromatic carbocycles. The fraction of sp³-hybridized carbons (Fsp3) is 0.529. The van der Waals surface area contributed by atoms with Crippen molar-refractivity contribution in [2.45, 2.75) is 26.2 Å². The molecule has 0 radical (unpaired) electrons. The third kappa shape index (κ3) is 6.10. The Labute approximate surface area is 144 Å². The molecule has 23 heavy (non-hydrogen) atoms. The molecule has 0 bridgehead atoms. The molecular formula is C17H27ClN4O. The van der Waals surface area contributed by atoms with E-state index in [0.717, 1.165) is 17.1 Å². The number of hydrogen-bond acceptors (Lipinski definition) is 2. The van der Waals surface area contributed by atoms with E-state index in [1.54, 1.807) is 14.1 Å². The zero-order chi connectivity index (χ0) is 17.5. The Balaban J connectivity index is 2.76. The summed E-state index contributed by atoms with van der Waals surface area (Å²) in [5.74, 6) is 0.593. The minimum atomic E-state index is -0.167. The lowest BCUT2D eigenvalue weighted by molar-refractivity contribution is -0.127. The van der Waals surface area contributed by atoms with Crippen LogP contribution in [0.3, 0.4) is 0 Å². The van der Waals surface area contributed by atoms with Gasteiger partial charge in [-0.05, 0) is 18.6 Å². The number of halogens is 1. The van der Waals surface area contributed by atoms with Gasteiger partial charge in [0.1, 0.15) is 6.54 Å². The maximum atomic E-state index is 11.7. The number of rotatable bonds is 6. The highest BCUT2D eigenvalue weighted by molar-refractivity contribution is 6.31. The van der Waals surface area contributed by atoms with Gasteiger partial charge in [-0.3, -0.25) is 4.79 Å². The third-order valence-corrected chi connectivity index (χ3v) is 3.85. The number of carbonyl (C=O) groups excluding carboxylic acids is 1. The number of aliphatic imine (C=N–C) groups is 1. The molecule has 1 aromatic rings. The summed E-state index contributed by atoms with van der Waals surface area (Å²) in [6.07, 6.45) is 0. The van der Waals surface area contributed by atoms with Crippen molar-refractivity contribution in [2.75, 3.05) is 33.7 Å².